The lowest BCUT2D eigenvalue weighted by atomic mass is 10.1. The van der Waals surface area contributed by atoms with E-state index >= 15 is 0 Å². The van der Waals surface area contributed by atoms with Crippen molar-refractivity contribution in [3.05, 3.63) is 28.7 Å². The molecule has 1 aliphatic heterocycles. The standard InChI is InChI=1S/C12H15N3O5S/c1-21(19,20)15-6-4-14(5-7-15)11-3-2-9(13-18)8-10(11)12(16)17/h2-3,8H,4-7H2,1H3,(H,16,17). The molecule has 1 aromatic rings. The van der Waals surface area contributed by atoms with Crippen LogP contribution in [0.3, 0.4) is 0 Å². The molecular weight excluding hydrogens is 298 g/mol. The first-order valence-corrected chi connectivity index (χ1v) is 8.08. The minimum Gasteiger partial charge on any atom is -0.478 e. The lowest BCUT2D eigenvalue weighted by Gasteiger charge is -2.35. The molecule has 0 bridgehead atoms. The van der Waals surface area contributed by atoms with Gasteiger partial charge in [-0.05, 0) is 23.4 Å². The smallest absolute Gasteiger partial charge is 0.337 e. The second-order valence-electron chi connectivity index (χ2n) is 4.75. The number of sulfonamides is 1. The van der Waals surface area contributed by atoms with E-state index in [4.69, 9.17) is 0 Å². The van der Waals surface area contributed by atoms with Crippen LogP contribution in [0.25, 0.3) is 0 Å². The summed E-state index contributed by atoms with van der Waals surface area (Å²) < 4.78 is 24.3. The Morgan fingerprint density at radius 1 is 1.24 bits per heavy atom. The second kappa shape index (κ2) is 5.78. The number of carboxylic acids is 1. The second-order valence-corrected chi connectivity index (χ2v) is 6.73. The summed E-state index contributed by atoms with van der Waals surface area (Å²) in [5.41, 5.74) is 0.494. The SMILES string of the molecule is CS(=O)(=O)N1CCN(c2ccc(N=O)cc2C(=O)O)CC1. The molecule has 0 unspecified atom stereocenters. The van der Waals surface area contributed by atoms with Gasteiger partial charge in [0.05, 0.1) is 17.5 Å². The van der Waals surface area contributed by atoms with Gasteiger partial charge in [0.2, 0.25) is 10.0 Å². The van der Waals surface area contributed by atoms with E-state index in [1.54, 1.807) is 4.90 Å². The fraction of sp³-hybridized carbons (Fsp3) is 0.417. The lowest BCUT2D eigenvalue weighted by molar-refractivity contribution is 0.0697. The molecule has 1 N–H and O–H groups in total. The van der Waals surface area contributed by atoms with Gasteiger partial charge in [-0.3, -0.25) is 0 Å². The number of benzene rings is 1. The Balaban J connectivity index is 2.24. The van der Waals surface area contributed by atoms with Crippen molar-refractivity contribution in [2.45, 2.75) is 0 Å². The maximum absolute atomic E-state index is 11.5. The molecule has 1 saturated heterocycles. The van der Waals surface area contributed by atoms with Gasteiger partial charge in [0.15, 0.2) is 0 Å². The van der Waals surface area contributed by atoms with Crippen molar-refractivity contribution < 1.29 is 18.3 Å². The average molecular weight is 313 g/mol. The predicted molar refractivity (Wildman–Crippen MR) is 77.5 cm³/mol. The highest BCUT2D eigenvalue weighted by atomic mass is 32.2. The first kappa shape index (κ1) is 15.4. The Morgan fingerprint density at radius 3 is 2.33 bits per heavy atom. The van der Waals surface area contributed by atoms with E-state index in [1.807, 2.05) is 0 Å². The van der Waals surface area contributed by atoms with Gasteiger partial charge in [-0.25, -0.2) is 13.2 Å². The summed E-state index contributed by atoms with van der Waals surface area (Å²) in [6.45, 7) is 1.37. The molecular formula is C12H15N3O5S. The number of nitrogens with zero attached hydrogens (tertiary/aromatic N) is 3. The molecule has 9 heteroatoms. The van der Waals surface area contributed by atoms with Crippen molar-refractivity contribution >= 4 is 27.4 Å². The van der Waals surface area contributed by atoms with Crippen LogP contribution >= 0.6 is 0 Å². The van der Waals surface area contributed by atoms with Crippen LogP contribution in [-0.2, 0) is 10.0 Å². The topological polar surface area (TPSA) is 107 Å². The summed E-state index contributed by atoms with van der Waals surface area (Å²) in [4.78, 5) is 23.6. The van der Waals surface area contributed by atoms with E-state index in [2.05, 4.69) is 5.18 Å². The summed E-state index contributed by atoms with van der Waals surface area (Å²) >= 11 is 0. The summed E-state index contributed by atoms with van der Waals surface area (Å²) in [6.07, 6.45) is 1.15. The monoisotopic (exact) mass is 313 g/mol. The highest BCUT2D eigenvalue weighted by Crippen LogP contribution is 2.27. The van der Waals surface area contributed by atoms with Crippen molar-refractivity contribution in [2.24, 2.45) is 5.18 Å². The van der Waals surface area contributed by atoms with Gasteiger partial charge in [0.1, 0.15) is 5.69 Å². The van der Waals surface area contributed by atoms with E-state index in [1.165, 1.54) is 22.5 Å². The largest absolute Gasteiger partial charge is 0.478 e. The zero-order valence-corrected chi connectivity index (χ0v) is 12.2. The minimum atomic E-state index is -3.23. The molecule has 2 rings (SSSR count). The van der Waals surface area contributed by atoms with Crippen LogP contribution in [0.2, 0.25) is 0 Å². The number of hydrogen-bond acceptors (Lipinski definition) is 6. The molecule has 1 aromatic carbocycles. The number of hydrogen-bond donors (Lipinski definition) is 1. The van der Waals surface area contributed by atoms with Crippen LogP contribution in [0.1, 0.15) is 10.4 Å². The van der Waals surface area contributed by atoms with Gasteiger partial charge < -0.3 is 10.0 Å². The zero-order chi connectivity index (χ0) is 15.6. The summed E-state index contributed by atoms with van der Waals surface area (Å²) in [5.74, 6) is -1.15. The van der Waals surface area contributed by atoms with Gasteiger partial charge in [0.25, 0.3) is 0 Å². The molecule has 0 atom stereocenters. The van der Waals surface area contributed by atoms with E-state index in [-0.39, 0.29) is 11.3 Å². The van der Waals surface area contributed by atoms with Crippen LogP contribution < -0.4 is 4.90 Å². The minimum absolute atomic E-state index is 0.0140. The van der Waals surface area contributed by atoms with Gasteiger partial charge in [-0.1, -0.05) is 0 Å². The lowest BCUT2D eigenvalue weighted by Crippen LogP contribution is -2.48. The number of aromatic carboxylic acids is 1. The number of carboxylic acid groups (broad SMARTS) is 1. The van der Waals surface area contributed by atoms with Gasteiger partial charge in [-0.2, -0.15) is 4.31 Å². The number of carbonyl (C=O) groups is 1. The van der Waals surface area contributed by atoms with Crippen molar-refractivity contribution in [1.29, 1.82) is 0 Å². The molecule has 0 spiro atoms. The van der Waals surface area contributed by atoms with E-state index in [9.17, 15) is 23.2 Å². The number of rotatable bonds is 4. The summed E-state index contributed by atoms with van der Waals surface area (Å²) in [6, 6.07) is 4.18. The molecule has 0 radical (unpaired) electrons. The highest BCUT2D eigenvalue weighted by molar-refractivity contribution is 7.88. The Hall–Kier alpha value is -2.00. The zero-order valence-electron chi connectivity index (χ0n) is 11.4. The Bertz CT molecular complexity index is 665. The molecule has 0 saturated carbocycles. The summed E-state index contributed by atoms with van der Waals surface area (Å²) in [5, 5.41) is 11.9. The Labute approximate surface area is 122 Å². The van der Waals surface area contributed by atoms with E-state index < -0.39 is 16.0 Å². The maximum Gasteiger partial charge on any atom is 0.337 e. The average Bonchev–Trinajstić information content (AvgIpc) is 2.45. The fourth-order valence-corrected chi connectivity index (χ4v) is 3.12. The van der Waals surface area contributed by atoms with Crippen molar-refractivity contribution in [3.8, 4) is 0 Å². The third kappa shape index (κ3) is 3.37. The normalized spacial score (nSPS) is 16.7. The number of nitroso groups, excluding NO2 is 1. The number of piperazine rings is 1. The van der Waals surface area contributed by atoms with Gasteiger partial charge in [0, 0.05) is 26.2 Å². The molecule has 1 fully saturated rings. The first-order chi connectivity index (χ1) is 9.82. The molecule has 114 valence electrons. The number of anilines is 1. The van der Waals surface area contributed by atoms with Crippen LogP contribution in [-0.4, -0.2) is 56.2 Å². The third-order valence-electron chi connectivity index (χ3n) is 3.36. The molecule has 1 heterocycles. The van der Waals surface area contributed by atoms with Gasteiger partial charge in [-0.15, -0.1) is 4.91 Å². The van der Waals surface area contributed by atoms with Crippen molar-refractivity contribution in [1.82, 2.24) is 4.31 Å². The van der Waals surface area contributed by atoms with E-state index in [0.29, 0.717) is 31.9 Å². The molecule has 0 aliphatic carbocycles. The van der Waals surface area contributed by atoms with Crippen LogP contribution in [0.5, 0.6) is 0 Å². The maximum atomic E-state index is 11.5. The third-order valence-corrected chi connectivity index (χ3v) is 4.67. The summed E-state index contributed by atoms with van der Waals surface area (Å²) in [7, 11) is -3.23. The molecule has 0 aromatic heterocycles. The van der Waals surface area contributed by atoms with Crippen LogP contribution in [0, 0.1) is 4.91 Å². The Kier molecular flexibility index (Phi) is 4.24. The quantitative estimate of drug-likeness (QED) is 0.826. The van der Waals surface area contributed by atoms with Gasteiger partial charge >= 0.3 is 5.97 Å². The molecule has 8 nitrogen and oxygen atoms in total. The first-order valence-electron chi connectivity index (χ1n) is 6.23. The molecule has 21 heavy (non-hydrogen) atoms. The van der Waals surface area contributed by atoms with Crippen LogP contribution in [0.15, 0.2) is 23.4 Å². The Morgan fingerprint density at radius 2 is 1.86 bits per heavy atom. The predicted octanol–water partition coefficient (Wildman–Crippen LogP) is 0.864. The van der Waals surface area contributed by atoms with Crippen LogP contribution in [0.4, 0.5) is 11.4 Å². The van der Waals surface area contributed by atoms with E-state index in [0.717, 1.165) is 6.26 Å². The fourth-order valence-electron chi connectivity index (χ4n) is 2.29. The molecule has 0 amide bonds. The van der Waals surface area contributed by atoms with Crippen molar-refractivity contribution in [2.75, 3.05) is 37.3 Å². The van der Waals surface area contributed by atoms with Crippen molar-refractivity contribution in [3.63, 3.8) is 0 Å². The molecule has 1 aliphatic rings. The highest BCUT2D eigenvalue weighted by Gasteiger charge is 2.25.